The molecule has 90 valence electrons. The topological polar surface area (TPSA) is 118 Å². The first-order valence-corrected chi connectivity index (χ1v) is 6.19. The van der Waals surface area contributed by atoms with Crippen molar-refractivity contribution >= 4 is 16.1 Å². The molecule has 7 heteroatoms. The molecular formula is C8H17NO5S. The maximum absolute atomic E-state index is 10.8. The predicted molar refractivity (Wildman–Crippen MR) is 54.9 cm³/mol. The molecule has 0 spiro atoms. The van der Waals surface area contributed by atoms with Gasteiger partial charge in [-0.25, -0.2) is 4.79 Å². The van der Waals surface area contributed by atoms with Crippen molar-refractivity contribution < 1.29 is 22.9 Å². The number of aliphatic carboxylic acids is 1. The highest BCUT2D eigenvalue weighted by Gasteiger charge is 2.46. The molecule has 0 aromatic rings. The van der Waals surface area contributed by atoms with Gasteiger partial charge in [-0.05, 0) is 12.8 Å². The zero-order valence-corrected chi connectivity index (χ0v) is 9.46. The number of unbranched alkanes of at least 4 members (excludes halogenated alkanes) is 3. The average Bonchev–Trinajstić information content (AvgIpc) is 2.09. The van der Waals surface area contributed by atoms with E-state index in [1.54, 1.807) is 0 Å². The molecule has 0 aromatic carbocycles. The van der Waals surface area contributed by atoms with Crippen LogP contribution in [0.15, 0.2) is 0 Å². The van der Waals surface area contributed by atoms with E-state index in [0.717, 1.165) is 12.8 Å². The number of carbonyl (C=O) groups is 1. The third kappa shape index (κ3) is 3.77. The molecule has 0 aliphatic heterocycles. The largest absolute Gasteiger partial charge is 0.479 e. The summed E-state index contributed by atoms with van der Waals surface area (Å²) in [4.78, 5) is 8.10. The van der Waals surface area contributed by atoms with Gasteiger partial charge >= 0.3 is 5.97 Å². The van der Waals surface area contributed by atoms with Gasteiger partial charge in [-0.3, -0.25) is 4.55 Å². The van der Waals surface area contributed by atoms with Gasteiger partial charge in [-0.15, -0.1) is 0 Å². The number of hydrogen-bond donors (Lipinski definition) is 3. The molecular weight excluding hydrogens is 222 g/mol. The normalized spacial score (nSPS) is 15.9. The van der Waals surface area contributed by atoms with E-state index in [4.69, 9.17) is 15.4 Å². The van der Waals surface area contributed by atoms with E-state index in [1.807, 2.05) is 6.92 Å². The van der Waals surface area contributed by atoms with Crippen LogP contribution in [0.2, 0.25) is 0 Å². The summed E-state index contributed by atoms with van der Waals surface area (Å²) in [6.07, 6.45) is 2.59. The van der Waals surface area contributed by atoms with Crippen LogP contribution in [0.4, 0.5) is 0 Å². The quantitative estimate of drug-likeness (QED) is 0.442. The van der Waals surface area contributed by atoms with Gasteiger partial charge in [0, 0.05) is 0 Å². The molecule has 0 heterocycles. The molecule has 0 amide bonds. The molecule has 0 aliphatic rings. The summed E-state index contributed by atoms with van der Waals surface area (Å²) in [5.41, 5.74) is 5.16. The van der Waals surface area contributed by atoms with Crippen LogP contribution < -0.4 is 5.73 Å². The van der Waals surface area contributed by atoms with Crippen LogP contribution in [-0.2, 0) is 14.9 Å². The second-order valence-electron chi connectivity index (χ2n) is 3.48. The van der Waals surface area contributed by atoms with Crippen LogP contribution in [0.1, 0.15) is 39.0 Å². The molecule has 1 unspecified atom stereocenters. The van der Waals surface area contributed by atoms with Crippen molar-refractivity contribution in [1.82, 2.24) is 0 Å². The Labute approximate surface area is 89.2 Å². The first kappa shape index (κ1) is 14.3. The van der Waals surface area contributed by atoms with E-state index in [1.165, 1.54) is 0 Å². The van der Waals surface area contributed by atoms with Crippen LogP contribution in [-0.4, -0.2) is 28.9 Å². The summed E-state index contributed by atoms with van der Waals surface area (Å²) in [5, 5.41) is 8.66. The number of nitrogens with two attached hydrogens (primary N) is 1. The van der Waals surface area contributed by atoms with Crippen molar-refractivity contribution in [3.05, 3.63) is 0 Å². The molecule has 4 N–H and O–H groups in total. The Hall–Kier alpha value is -0.660. The van der Waals surface area contributed by atoms with E-state index >= 15 is 0 Å². The van der Waals surface area contributed by atoms with Crippen molar-refractivity contribution in [3.63, 3.8) is 0 Å². The molecule has 1 atom stereocenters. The molecule has 0 rings (SSSR count). The van der Waals surface area contributed by atoms with Crippen LogP contribution in [0, 0.1) is 0 Å². The van der Waals surface area contributed by atoms with E-state index in [-0.39, 0.29) is 6.42 Å². The zero-order chi connectivity index (χ0) is 12.1. The van der Waals surface area contributed by atoms with Gasteiger partial charge in [0.2, 0.25) is 4.87 Å². The van der Waals surface area contributed by atoms with Gasteiger partial charge in [0.25, 0.3) is 10.1 Å². The predicted octanol–water partition coefficient (Wildman–Crippen LogP) is 0.584. The Kier molecular flexibility index (Phi) is 5.19. The Morgan fingerprint density at radius 1 is 1.33 bits per heavy atom. The molecule has 0 radical (unpaired) electrons. The Morgan fingerprint density at radius 3 is 2.20 bits per heavy atom. The molecule has 6 nitrogen and oxygen atoms in total. The molecule has 0 aromatic heterocycles. The van der Waals surface area contributed by atoms with E-state index in [2.05, 4.69) is 0 Å². The fourth-order valence-corrected chi connectivity index (χ4v) is 1.78. The molecule has 0 aliphatic carbocycles. The van der Waals surface area contributed by atoms with Gasteiger partial charge in [0.1, 0.15) is 0 Å². The molecule has 0 fully saturated rings. The monoisotopic (exact) mass is 239 g/mol. The Morgan fingerprint density at radius 2 is 1.87 bits per heavy atom. The number of carboxylic acids is 1. The lowest BCUT2D eigenvalue weighted by atomic mass is 10.1. The third-order valence-corrected chi connectivity index (χ3v) is 3.52. The molecule has 0 bridgehead atoms. The third-order valence-electron chi connectivity index (χ3n) is 2.22. The molecule has 0 saturated heterocycles. The molecule has 15 heavy (non-hydrogen) atoms. The Balaban J connectivity index is 4.50. The first-order valence-electron chi connectivity index (χ1n) is 4.75. The fraction of sp³-hybridized carbons (Fsp3) is 0.875. The second-order valence-corrected chi connectivity index (χ2v) is 5.16. The first-order chi connectivity index (χ1) is 6.75. The minimum absolute atomic E-state index is 0.277. The average molecular weight is 239 g/mol. The summed E-state index contributed by atoms with van der Waals surface area (Å²) >= 11 is 0. The Bertz CT molecular complexity index is 313. The summed E-state index contributed by atoms with van der Waals surface area (Å²) in [6.45, 7) is 1.97. The highest BCUT2D eigenvalue weighted by molar-refractivity contribution is 7.88. The summed E-state index contributed by atoms with van der Waals surface area (Å²) in [7, 11) is -4.77. The van der Waals surface area contributed by atoms with E-state index in [9.17, 15) is 13.2 Å². The molecule has 0 saturated carbocycles. The van der Waals surface area contributed by atoms with Crippen LogP contribution >= 0.6 is 0 Å². The van der Waals surface area contributed by atoms with E-state index in [0.29, 0.717) is 12.8 Å². The summed E-state index contributed by atoms with van der Waals surface area (Å²) in [5.74, 6) is -1.72. The maximum atomic E-state index is 10.8. The summed E-state index contributed by atoms with van der Waals surface area (Å²) < 4.78 is 30.3. The lowest BCUT2D eigenvalue weighted by Gasteiger charge is -2.20. The van der Waals surface area contributed by atoms with Gasteiger partial charge < -0.3 is 10.8 Å². The van der Waals surface area contributed by atoms with Crippen molar-refractivity contribution in [2.45, 2.75) is 43.9 Å². The lowest BCUT2D eigenvalue weighted by molar-refractivity contribution is -0.140. The van der Waals surface area contributed by atoms with Gasteiger partial charge in [-0.1, -0.05) is 26.2 Å². The SMILES string of the molecule is CCCCCCC(N)(C(=O)O)S(=O)(=O)O. The van der Waals surface area contributed by atoms with Crippen molar-refractivity contribution in [2.75, 3.05) is 0 Å². The number of carboxylic acid groups (broad SMARTS) is 1. The zero-order valence-electron chi connectivity index (χ0n) is 8.64. The van der Waals surface area contributed by atoms with Gasteiger partial charge in [0.15, 0.2) is 0 Å². The number of rotatable bonds is 7. The minimum atomic E-state index is -4.77. The van der Waals surface area contributed by atoms with Crippen molar-refractivity contribution in [1.29, 1.82) is 0 Å². The highest BCUT2D eigenvalue weighted by Crippen LogP contribution is 2.19. The minimum Gasteiger partial charge on any atom is -0.479 e. The second kappa shape index (κ2) is 5.43. The van der Waals surface area contributed by atoms with Gasteiger partial charge in [-0.2, -0.15) is 8.42 Å². The lowest BCUT2D eigenvalue weighted by Crippen LogP contribution is -2.54. The van der Waals surface area contributed by atoms with Crippen molar-refractivity contribution in [2.24, 2.45) is 5.73 Å². The van der Waals surface area contributed by atoms with Gasteiger partial charge in [0.05, 0.1) is 0 Å². The smallest absolute Gasteiger partial charge is 0.342 e. The van der Waals surface area contributed by atoms with Crippen LogP contribution in [0.5, 0.6) is 0 Å². The van der Waals surface area contributed by atoms with E-state index < -0.39 is 21.0 Å². The fourth-order valence-electron chi connectivity index (χ4n) is 1.16. The van der Waals surface area contributed by atoms with Crippen LogP contribution in [0.3, 0.4) is 0 Å². The van der Waals surface area contributed by atoms with Crippen LogP contribution in [0.25, 0.3) is 0 Å². The number of hydrogen-bond acceptors (Lipinski definition) is 4. The van der Waals surface area contributed by atoms with Crippen molar-refractivity contribution in [3.8, 4) is 0 Å². The summed E-state index contributed by atoms with van der Waals surface area (Å²) in [6, 6.07) is 0. The highest BCUT2D eigenvalue weighted by atomic mass is 32.2. The standard InChI is InChI=1S/C8H17NO5S/c1-2-3-4-5-6-8(9,7(10)11)15(12,13)14/h2-6,9H2,1H3,(H,10,11)(H,12,13,14). The maximum Gasteiger partial charge on any atom is 0.342 e.